The molecule has 4 aromatic rings. The minimum absolute atomic E-state index is 0.0403. The van der Waals surface area contributed by atoms with E-state index in [1.54, 1.807) is 12.1 Å². The number of hydrogen-bond acceptors (Lipinski definition) is 12. The molecule has 4 aliphatic rings. The molecular formula is C47H56N10O7. The molecular weight excluding hydrogens is 817 g/mol. The van der Waals surface area contributed by atoms with Crippen LogP contribution in [0.15, 0.2) is 72.8 Å². The standard InChI is InChI=1S/C47H56N10O7/c48-43-41(44(49)60)42(30-13-19-34(20-14-30)64-33-9-4-3-5-10-33)53-57(43)32-17-15-31(16-18-32)55-27-25-54(26-28-55)24-7-2-1-6-23-50-39(59)29-51-36-12-8-11-35-40(36)47(63)56(46(35)62)37-21-22-38(58)52-45(37)61/h3-5,8-14,19-20,31-32,37,51H,1-2,6-7,15-18,21-29,48H2,(H2,49,60)(H,50,59)(H,52,58,61). The van der Waals surface area contributed by atoms with Gasteiger partial charge in [-0.05, 0) is 100 Å². The number of nitrogens with zero attached hydrogens (tertiary/aromatic N) is 5. The van der Waals surface area contributed by atoms with Crippen LogP contribution in [0.1, 0.15) is 101 Å². The number of amides is 6. The number of imide groups is 2. The molecule has 8 rings (SSSR count). The van der Waals surface area contributed by atoms with Crippen molar-refractivity contribution in [2.24, 2.45) is 5.73 Å². The lowest BCUT2D eigenvalue weighted by Crippen LogP contribution is -2.54. The van der Waals surface area contributed by atoms with Crippen LogP contribution in [0.25, 0.3) is 11.3 Å². The predicted octanol–water partition coefficient (Wildman–Crippen LogP) is 4.31. The molecule has 1 unspecified atom stereocenters. The number of aromatic nitrogens is 2. The van der Waals surface area contributed by atoms with E-state index >= 15 is 0 Å². The Morgan fingerprint density at radius 2 is 1.48 bits per heavy atom. The first-order valence-electron chi connectivity index (χ1n) is 22.4. The normalized spacial score (nSPS) is 20.5. The van der Waals surface area contributed by atoms with Crippen LogP contribution in [0.2, 0.25) is 0 Å². The Morgan fingerprint density at radius 1 is 0.781 bits per heavy atom. The van der Waals surface area contributed by atoms with Gasteiger partial charge in [0.25, 0.3) is 17.7 Å². The zero-order valence-electron chi connectivity index (χ0n) is 35.9. The average molecular weight is 873 g/mol. The van der Waals surface area contributed by atoms with Crippen molar-refractivity contribution in [1.82, 2.24) is 35.1 Å². The van der Waals surface area contributed by atoms with E-state index in [0.29, 0.717) is 35.5 Å². The third-order valence-electron chi connectivity index (χ3n) is 12.9. The molecule has 1 saturated carbocycles. The monoisotopic (exact) mass is 872 g/mol. The first-order valence-corrected chi connectivity index (χ1v) is 22.4. The van der Waals surface area contributed by atoms with Crippen LogP contribution in [-0.4, -0.2) is 118 Å². The molecule has 17 nitrogen and oxygen atoms in total. The highest BCUT2D eigenvalue weighted by Crippen LogP contribution is 2.37. The number of carbonyl (C=O) groups excluding carboxylic acids is 6. The van der Waals surface area contributed by atoms with Gasteiger partial charge in [0.1, 0.15) is 34.6 Å². The minimum Gasteiger partial charge on any atom is -0.457 e. The summed E-state index contributed by atoms with van der Waals surface area (Å²) in [5.41, 5.74) is 14.5. The number of carbonyl (C=O) groups is 6. The van der Waals surface area contributed by atoms with Crippen molar-refractivity contribution in [3.63, 3.8) is 0 Å². The number of anilines is 2. The van der Waals surface area contributed by atoms with E-state index in [1.165, 1.54) is 6.07 Å². The van der Waals surface area contributed by atoms with Gasteiger partial charge in [0.15, 0.2) is 0 Å². The van der Waals surface area contributed by atoms with Gasteiger partial charge >= 0.3 is 0 Å². The minimum atomic E-state index is -1.05. The maximum absolute atomic E-state index is 13.3. The molecule has 0 radical (unpaired) electrons. The van der Waals surface area contributed by atoms with E-state index in [-0.39, 0.29) is 48.0 Å². The number of nitrogen functional groups attached to an aromatic ring is 1. The van der Waals surface area contributed by atoms with Gasteiger partial charge in [-0.2, -0.15) is 5.10 Å². The second kappa shape index (κ2) is 19.8. The van der Waals surface area contributed by atoms with Crippen molar-refractivity contribution in [3.05, 3.63) is 89.5 Å². The van der Waals surface area contributed by atoms with Crippen LogP contribution < -0.4 is 32.2 Å². The quantitative estimate of drug-likeness (QED) is 0.0739. The van der Waals surface area contributed by atoms with Gasteiger partial charge < -0.3 is 31.7 Å². The van der Waals surface area contributed by atoms with Gasteiger partial charge in [0.05, 0.1) is 23.7 Å². The molecule has 0 spiro atoms. The van der Waals surface area contributed by atoms with Crippen molar-refractivity contribution in [2.45, 2.75) is 82.3 Å². The third-order valence-corrected chi connectivity index (χ3v) is 12.9. The summed E-state index contributed by atoms with van der Waals surface area (Å²) in [6.45, 7) is 5.65. The average Bonchev–Trinajstić information content (AvgIpc) is 3.78. The first kappa shape index (κ1) is 44.0. The number of nitrogens with two attached hydrogens (primary N) is 2. The Hall–Kier alpha value is -6.59. The zero-order valence-corrected chi connectivity index (χ0v) is 35.9. The molecule has 336 valence electrons. The highest BCUT2D eigenvalue weighted by molar-refractivity contribution is 6.25. The van der Waals surface area contributed by atoms with E-state index < -0.39 is 35.6 Å². The fourth-order valence-electron chi connectivity index (χ4n) is 9.44. The van der Waals surface area contributed by atoms with Crippen molar-refractivity contribution in [3.8, 4) is 22.8 Å². The van der Waals surface area contributed by atoms with Crippen molar-refractivity contribution in [2.75, 3.05) is 56.9 Å². The lowest BCUT2D eigenvalue weighted by molar-refractivity contribution is -0.136. The van der Waals surface area contributed by atoms with Crippen LogP contribution in [-0.2, 0) is 14.4 Å². The molecule has 3 fully saturated rings. The zero-order chi connectivity index (χ0) is 44.7. The Balaban J connectivity index is 0.708. The maximum atomic E-state index is 13.3. The summed E-state index contributed by atoms with van der Waals surface area (Å²) < 4.78 is 7.75. The number of piperidine rings is 1. The van der Waals surface area contributed by atoms with Crippen LogP contribution in [0.5, 0.6) is 11.5 Å². The number of hydrogen-bond donors (Lipinski definition) is 5. The topological polar surface area (TPSA) is 227 Å². The molecule has 0 bridgehead atoms. The number of para-hydroxylation sites is 1. The number of primary amides is 1. The number of rotatable bonds is 17. The highest BCUT2D eigenvalue weighted by Gasteiger charge is 2.45. The smallest absolute Gasteiger partial charge is 0.264 e. The second-order valence-electron chi connectivity index (χ2n) is 17.0. The summed E-state index contributed by atoms with van der Waals surface area (Å²) in [6, 6.07) is 21.3. The summed E-state index contributed by atoms with van der Waals surface area (Å²) in [5.74, 6) is -1.42. The Bertz CT molecular complexity index is 2370. The number of piperazine rings is 1. The SMILES string of the molecule is NC(=O)c1c(-c2ccc(Oc3ccccc3)cc2)nn(C2CCC(N3CCN(CCCCCCNC(=O)CNc4cccc5c4C(=O)N(C4CCC(=O)NC4=O)C5=O)CC3)CC2)c1N. The molecule has 2 saturated heterocycles. The molecule has 64 heavy (non-hydrogen) atoms. The Kier molecular flexibility index (Phi) is 13.7. The summed E-state index contributed by atoms with van der Waals surface area (Å²) >= 11 is 0. The van der Waals surface area contributed by atoms with Crippen molar-refractivity contribution >= 4 is 46.9 Å². The van der Waals surface area contributed by atoms with Gasteiger partial charge in [0, 0.05) is 56.4 Å². The summed E-state index contributed by atoms with van der Waals surface area (Å²) in [5, 5.41) is 13.0. The summed E-state index contributed by atoms with van der Waals surface area (Å²) in [7, 11) is 0. The molecule has 6 amide bonds. The van der Waals surface area contributed by atoms with Gasteiger partial charge in [-0.1, -0.05) is 37.1 Å². The fourth-order valence-corrected chi connectivity index (χ4v) is 9.44. The highest BCUT2D eigenvalue weighted by atomic mass is 16.5. The molecule has 3 aliphatic heterocycles. The fraction of sp³-hybridized carbons (Fsp3) is 0.426. The summed E-state index contributed by atoms with van der Waals surface area (Å²) in [6.07, 6.45) is 8.01. The second-order valence-corrected chi connectivity index (χ2v) is 17.0. The van der Waals surface area contributed by atoms with Gasteiger partial charge in [0.2, 0.25) is 17.7 Å². The van der Waals surface area contributed by atoms with Gasteiger partial charge in [-0.3, -0.25) is 43.9 Å². The molecule has 1 atom stereocenters. The molecule has 1 aromatic heterocycles. The molecule has 1 aliphatic carbocycles. The number of fused-ring (bicyclic) bond motifs is 1. The van der Waals surface area contributed by atoms with Crippen LogP contribution in [0, 0.1) is 0 Å². The Morgan fingerprint density at radius 3 is 2.20 bits per heavy atom. The molecule has 7 N–H and O–H groups in total. The van der Waals surface area contributed by atoms with E-state index in [1.807, 2.05) is 59.3 Å². The van der Waals surface area contributed by atoms with E-state index in [0.717, 1.165) is 100 Å². The summed E-state index contributed by atoms with van der Waals surface area (Å²) in [4.78, 5) is 81.7. The lowest BCUT2D eigenvalue weighted by Gasteiger charge is -2.42. The largest absolute Gasteiger partial charge is 0.457 e. The third kappa shape index (κ3) is 9.80. The maximum Gasteiger partial charge on any atom is 0.264 e. The Labute approximate surface area is 371 Å². The molecule has 4 heterocycles. The molecule has 17 heteroatoms. The van der Waals surface area contributed by atoms with Crippen LogP contribution in [0.3, 0.4) is 0 Å². The van der Waals surface area contributed by atoms with Gasteiger partial charge in [-0.15, -0.1) is 0 Å². The first-order chi connectivity index (χ1) is 31.0. The van der Waals surface area contributed by atoms with E-state index in [2.05, 4.69) is 25.8 Å². The predicted molar refractivity (Wildman–Crippen MR) is 239 cm³/mol. The molecule has 3 aromatic carbocycles. The van der Waals surface area contributed by atoms with E-state index in [4.69, 9.17) is 21.3 Å². The van der Waals surface area contributed by atoms with Gasteiger partial charge in [-0.25, -0.2) is 4.68 Å². The number of ether oxygens (including phenoxy) is 1. The van der Waals surface area contributed by atoms with Crippen molar-refractivity contribution < 1.29 is 33.5 Å². The number of nitrogens with one attached hydrogen (secondary N) is 3. The van der Waals surface area contributed by atoms with E-state index in [9.17, 15) is 28.8 Å². The van der Waals surface area contributed by atoms with Crippen LogP contribution in [0.4, 0.5) is 11.5 Å². The number of unbranched alkanes of at least 4 members (excludes halogenated alkanes) is 3. The van der Waals surface area contributed by atoms with Crippen molar-refractivity contribution in [1.29, 1.82) is 0 Å². The number of benzene rings is 3. The van der Waals surface area contributed by atoms with Crippen LogP contribution >= 0.6 is 0 Å². The lowest BCUT2D eigenvalue weighted by atomic mass is 9.90.